The first kappa shape index (κ1) is 18.7. The number of ether oxygens (including phenoxy) is 1. The average Bonchev–Trinajstić information content (AvgIpc) is 2.55. The molecule has 1 aliphatic rings. The van der Waals surface area contributed by atoms with Crippen LogP contribution in [0.5, 0.6) is 0 Å². The fourth-order valence-electron chi connectivity index (χ4n) is 2.24. The summed E-state index contributed by atoms with van der Waals surface area (Å²) in [6.07, 6.45) is -3.74. The van der Waals surface area contributed by atoms with Gasteiger partial charge in [-0.25, -0.2) is 4.98 Å². The maximum absolute atomic E-state index is 13.0. The van der Waals surface area contributed by atoms with E-state index in [1.54, 1.807) is 0 Å². The summed E-state index contributed by atoms with van der Waals surface area (Å²) in [5.74, 6) is 0.171. The van der Waals surface area contributed by atoms with Gasteiger partial charge in [0, 0.05) is 38.3 Å². The van der Waals surface area contributed by atoms with Crippen LogP contribution in [-0.4, -0.2) is 60.3 Å². The number of aromatic nitrogens is 2. The van der Waals surface area contributed by atoms with E-state index in [4.69, 9.17) is 4.74 Å². The van der Waals surface area contributed by atoms with E-state index in [9.17, 15) is 13.2 Å². The van der Waals surface area contributed by atoms with Crippen LogP contribution >= 0.6 is 0 Å². The standard InChI is InChI=1S/C15H24F3N5O/c1-3-11(2)20-14-21-12(15(16,17)18)10-13(22-14)19-4-5-23-6-8-24-9-7-23/h10-11H,3-9H2,1-2H3,(H2,19,20,21,22)/t11-/m1/s1. The Hall–Kier alpha value is -1.61. The van der Waals surface area contributed by atoms with Crippen LogP contribution in [0.15, 0.2) is 6.07 Å². The second kappa shape index (κ2) is 8.48. The van der Waals surface area contributed by atoms with Crippen molar-refractivity contribution in [3.63, 3.8) is 0 Å². The highest BCUT2D eigenvalue weighted by atomic mass is 19.4. The quantitative estimate of drug-likeness (QED) is 0.790. The topological polar surface area (TPSA) is 62.3 Å². The molecule has 24 heavy (non-hydrogen) atoms. The van der Waals surface area contributed by atoms with Crippen molar-refractivity contribution in [3.05, 3.63) is 11.8 Å². The number of morpholine rings is 1. The minimum absolute atomic E-state index is 0.00492. The number of hydrogen-bond donors (Lipinski definition) is 2. The lowest BCUT2D eigenvalue weighted by Crippen LogP contribution is -2.39. The summed E-state index contributed by atoms with van der Waals surface area (Å²) < 4.78 is 44.3. The first-order chi connectivity index (χ1) is 11.4. The fourth-order valence-corrected chi connectivity index (χ4v) is 2.24. The molecule has 0 unspecified atom stereocenters. The van der Waals surface area contributed by atoms with Gasteiger partial charge >= 0.3 is 6.18 Å². The van der Waals surface area contributed by atoms with Crippen LogP contribution in [0.1, 0.15) is 26.0 Å². The summed E-state index contributed by atoms with van der Waals surface area (Å²) in [6.45, 7) is 8.09. The van der Waals surface area contributed by atoms with Crippen LogP contribution in [0.2, 0.25) is 0 Å². The zero-order valence-corrected chi connectivity index (χ0v) is 14.0. The fraction of sp³-hybridized carbons (Fsp3) is 0.733. The molecule has 9 heteroatoms. The molecule has 0 amide bonds. The first-order valence-corrected chi connectivity index (χ1v) is 8.15. The summed E-state index contributed by atoms with van der Waals surface area (Å²) >= 11 is 0. The Morgan fingerprint density at radius 1 is 1.29 bits per heavy atom. The molecule has 6 nitrogen and oxygen atoms in total. The van der Waals surface area contributed by atoms with Gasteiger partial charge in [-0.2, -0.15) is 18.2 Å². The summed E-state index contributed by atoms with van der Waals surface area (Å²) in [4.78, 5) is 9.91. The van der Waals surface area contributed by atoms with Gasteiger partial charge in [-0.1, -0.05) is 6.92 Å². The van der Waals surface area contributed by atoms with Crippen LogP contribution in [0.3, 0.4) is 0 Å². The zero-order valence-electron chi connectivity index (χ0n) is 14.0. The third-order valence-electron chi connectivity index (χ3n) is 3.84. The first-order valence-electron chi connectivity index (χ1n) is 8.15. The van der Waals surface area contributed by atoms with E-state index in [-0.39, 0.29) is 17.8 Å². The SMILES string of the molecule is CC[C@@H](C)Nc1nc(NCCN2CCOCC2)cc(C(F)(F)F)n1. The molecule has 1 atom stereocenters. The number of alkyl halides is 3. The van der Waals surface area contributed by atoms with Gasteiger partial charge in [-0.15, -0.1) is 0 Å². The Labute approximate surface area is 139 Å². The van der Waals surface area contributed by atoms with E-state index < -0.39 is 11.9 Å². The molecule has 136 valence electrons. The minimum Gasteiger partial charge on any atom is -0.379 e. The van der Waals surface area contributed by atoms with Gasteiger partial charge in [-0.05, 0) is 13.3 Å². The highest BCUT2D eigenvalue weighted by Gasteiger charge is 2.33. The predicted octanol–water partition coefficient (Wildman–Crippen LogP) is 2.45. The number of nitrogens with one attached hydrogen (secondary N) is 2. The molecule has 0 radical (unpaired) electrons. The lowest BCUT2D eigenvalue weighted by Gasteiger charge is -2.26. The van der Waals surface area contributed by atoms with Gasteiger partial charge in [0.2, 0.25) is 5.95 Å². The van der Waals surface area contributed by atoms with Crippen molar-refractivity contribution in [1.29, 1.82) is 0 Å². The summed E-state index contributed by atoms with van der Waals surface area (Å²) in [7, 11) is 0. The smallest absolute Gasteiger partial charge is 0.379 e. The molecule has 1 saturated heterocycles. The van der Waals surface area contributed by atoms with Gasteiger partial charge in [0.1, 0.15) is 5.82 Å². The molecule has 1 aliphatic heterocycles. The molecule has 2 N–H and O–H groups in total. The van der Waals surface area contributed by atoms with E-state index in [1.807, 2.05) is 13.8 Å². The van der Waals surface area contributed by atoms with E-state index in [0.29, 0.717) is 19.8 Å². The molecule has 2 heterocycles. The molecule has 0 aromatic carbocycles. The monoisotopic (exact) mass is 347 g/mol. The van der Waals surface area contributed by atoms with Crippen LogP contribution < -0.4 is 10.6 Å². The number of hydrogen-bond acceptors (Lipinski definition) is 6. The molecule has 1 aromatic rings. The van der Waals surface area contributed by atoms with Gasteiger partial charge in [0.05, 0.1) is 13.2 Å². The van der Waals surface area contributed by atoms with E-state index in [2.05, 4.69) is 25.5 Å². The van der Waals surface area contributed by atoms with E-state index in [0.717, 1.165) is 32.1 Å². The minimum atomic E-state index is -4.50. The summed E-state index contributed by atoms with van der Waals surface area (Å²) in [5.41, 5.74) is -0.947. The maximum Gasteiger partial charge on any atom is 0.433 e. The molecule has 0 saturated carbocycles. The van der Waals surface area contributed by atoms with Crippen LogP contribution in [0.25, 0.3) is 0 Å². The van der Waals surface area contributed by atoms with Crippen molar-refractivity contribution in [2.24, 2.45) is 0 Å². The number of nitrogens with zero attached hydrogens (tertiary/aromatic N) is 3. The molecule has 0 bridgehead atoms. The molecule has 2 rings (SSSR count). The molecule has 1 fully saturated rings. The molecule has 0 aliphatic carbocycles. The van der Waals surface area contributed by atoms with Crippen LogP contribution in [-0.2, 0) is 10.9 Å². The van der Waals surface area contributed by atoms with Crippen LogP contribution in [0.4, 0.5) is 24.9 Å². The zero-order chi connectivity index (χ0) is 17.6. The largest absolute Gasteiger partial charge is 0.433 e. The Kier molecular flexibility index (Phi) is 6.61. The molecular weight excluding hydrogens is 323 g/mol. The van der Waals surface area contributed by atoms with Gasteiger partial charge in [0.15, 0.2) is 5.69 Å². The van der Waals surface area contributed by atoms with E-state index >= 15 is 0 Å². The Morgan fingerprint density at radius 3 is 2.62 bits per heavy atom. The lowest BCUT2D eigenvalue weighted by atomic mass is 10.3. The highest BCUT2D eigenvalue weighted by molar-refractivity contribution is 5.43. The Bertz CT molecular complexity index is 520. The Morgan fingerprint density at radius 2 is 2.00 bits per heavy atom. The van der Waals surface area contributed by atoms with Crippen molar-refractivity contribution in [2.45, 2.75) is 32.5 Å². The van der Waals surface area contributed by atoms with Crippen molar-refractivity contribution in [2.75, 3.05) is 50.0 Å². The second-order valence-corrected chi connectivity index (χ2v) is 5.79. The maximum atomic E-state index is 13.0. The molecule has 0 spiro atoms. The third-order valence-corrected chi connectivity index (χ3v) is 3.84. The third kappa shape index (κ3) is 5.79. The van der Waals surface area contributed by atoms with Crippen molar-refractivity contribution in [1.82, 2.24) is 14.9 Å². The lowest BCUT2D eigenvalue weighted by molar-refractivity contribution is -0.141. The number of anilines is 2. The van der Waals surface area contributed by atoms with Crippen LogP contribution in [0, 0.1) is 0 Å². The van der Waals surface area contributed by atoms with Crippen molar-refractivity contribution in [3.8, 4) is 0 Å². The Balaban J connectivity index is 2.02. The van der Waals surface area contributed by atoms with Crippen molar-refractivity contribution < 1.29 is 17.9 Å². The van der Waals surface area contributed by atoms with E-state index in [1.165, 1.54) is 0 Å². The predicted molar refractivity (Wildman–Crippen MR) is 86.2 cm³/mol. The van der Waals surface area contributed by atoms with Gasteiger partial charge < -0.3 is 15.4 Å². The molecule has 1 aromatic heterocycles. The summed E-state index contributed by atoms with van der Waals surface area (Å²) in [5, 5.41) is 5.86. The van der Waals surface area contributed by atoms with Gasteiger partial charge in [0.25, 0.3) is 0 Å². The summed E-state index contributed by atoms with van der Waals surface area (Å²) in [6, 6.07) is 0.941. The average molecular weight is 347 g/mol. The highest BCUT2D eigenvalue weighted by Crippen LogP contribution is 2.29. The normalized spacial score (nSPS) is 17.5. The molecular formula is C15H24F3N5O. The number of halogens is 3. The van der Waals surface area contributed by atoms with Crippen molar-refractivity contribution >= 4 is 11.8 Å². The number of rotatable bonds is 7. The second-order valence-electron chi connectivity index (χ2n) is 5.79. The van der Waals surface area contributed by atoms with Gasteiger partial charge in [-0.3, -0.25) is 4.90 Å².